The Bertz CT molecular complexity index is 1530. The minimum absolute atomic E-state index is 0.000416. The fourth-order valence-electron chi connectivity index (χ4n) is 3.43. The lowest BCUT2D eigenvalue weighted by Crippen LogP contribution is -2.45. The molecule has 0 saturated heterocycles. The summed E-state index contributed by atoms with van der Waals surface area (Å²) < 4.78 is 7.81. The van der Waals surface area contributed by atoms with Gasteiger partial charge in [-0.15, -0.1) is 0 Å². The van der Waals surface area contributed by atoms with Gasteiger partial charge in [-0.3, -0.25) is 4.57 Å². The van der Waals surface area contributed by atoms with Crippen LogP contribution in [0.1, 0.15) is 11.1 Å². The Hall–Kier alpha value is -4.43. The van der Waals surface area contributed by atoms with Crippen LogP contribution in [0.15, 0.2) is 82.4 Å². The highest BCUT2D eigenvalue weighted by atomic mass is 35.5. The summed E-state index contributed by atoms with van der Waals surface area (Å²) in [4.78, 5) is 29.8. The first-order chi connectivity index (χ1) is 17.9. The molecule has 0 amide bonds. The average molecular weight is 520 g/mol. The zero-order valence-corrected chi connectivity index (χ0v) is 20.2. The van der Waals surface area contributed by atoms with Crippen molar-refractivity contribution in [2.24, 2.45) is 0 Å². The first-order valence-corrected chi connectivity index (χ1v) is 11.5. The van der Waals surface area contributed by atoms with Crippen molar-refractivity contribution in [1.82, 2.24) is 14.1 Å². The number of benzene rings is 3. The Kier molecular flexibility index (Phi) is 8.00. The molecule has 3 aromatic carbocycles. The highest BCUT2D eigenvalue weighted by Crippen LogP contribution is 2.24. The van der Waals surface area contributed by atoms with Crippen LogP contribution in [-0.4, -0.2) is 37.0 Å². The molecule has 188 valence electrons. The number of halogens is 1. The van der Waals surface area contributed by atoms with Gasteiger partial charge < -0.3 is 20.3 Å². The summed E-state index contributed by atoms with van der Waals surface area (Å²) in [6.07, 6.45) is -1.29. The van der Waals surface area contributed by atoms with Crippen LogP contribution >= 0.6 is 11.6 Å². The second-order valence-corrected chi connectivity index (χ2v) is 8.48. The molecule has 10 nitrogen and oxygen atoms in total. The zero-order valence-electron chi connectivity index (χ0n) is 19.4. The van der Waals surface area contributed by atoms with E-state index in [-0.39, 0.29) is 12.5 Å². The van der Waals surface area contributed by atoms with E-state index >= 15 is 0 Å². The Balaban J connectivity index is 1.62. The quantitative estimate of drug-likeness (QED) is 0.306. The lowest BCUT2D eigenvalue weighted by atomic mass is 10.2. The summed E-state index contributed by atoms with van der Waals surface area (Å²) in [5, 5.41) is 31.4. The third kappa shape index (κ3) is 6.42. The van der Waals surface area contributed by atoms with Crippen molar-refractivity contribution in [1.29, 1.82) is 5.26 Å². The maximum atomic E-state index is 13.2. The smallest absolute Gasteiger partial charge is 0.355 e. The molecule has 0 aliphatic rings. The molecule has 1 atom stereocenters. The number of hydrogen-bond acceptors (Lipinski definition) is 8. The Morgan fingerprint density at radius 2 is 1.59 bits per heavy atom. The highest BCUT2D eigenvalue weighted by Gasteiger charge is 2.16. The molecule has 37 heavy (non-hydrogen) atoms. The molecule has 0 fully saturated rings. The zero-order chi connectivity index (χ0) is 26.4. The maximum Gasteiger partial charge on any atom is 0.355 e. The molecule has 4 rings (SSSR count). The van der Waals surface area contributed by atoms with Gasteiger partial charge in [-0.2, -0.15) is 10.2 Å². The van der Waals surface area contributed by atoms with Gasteiger partial charge in [0.05, 0.1) is 37.4 Å². The van der Waals surface area contributed by atoms with Crippen LogP contribution in [0.25, 0.3) is 0 Å². The summed E-state index contributed by atoms with van der Waals surface area (Å²) in [5.41, 5.74) is 0.225. The second kappa shape index (κ2) is 11.5. The maximum absolute atomic E-state index is 13.2. The largest absolute Gasteiger partial charge is 0.457 e. The first-order valence-electron chi connectivity index (χ1n) is 11.2. The number of nitriles is 1. The number of ether oxygens (including phenoxy) is 1. The van der Waals surface area contributed by atoms with E-state index < -0.39 is 30.6 Å². The van der Waals surface area contributed by atoms with Crippen LogP contribution < -0.4 is 21.4 Å². The predicted molar refractivity (Wildman–Crippen MR) is 137 cm³/mol. The highest BCUT2D eigenvalue weighted by molar-refractivity contribution is 6.30. The standard InChI is InChI=1S/C26H22ClN5O5/c27-19-5-1-18(2-6-19)14-31-24(30-25(35)32(26(31)36)15-21(34)16-33)29-20-7-11-23(12-8-20)37-22-9-3-17(13-28)4-10-22/h1-12,21,33-34H,14-16H2,(H,29,30,35)/t21-/m1/s1. The molecule has 0 aliphatic carbocycles. The number of hydrogen-bond donors (Lipinski definition) is 3. The normalized spacial score (nSPS) is 11.5. The fraction of sp³-hybridized carbons (Fsp3) is 0.154. The molecule has 0 bridgehead atoms. The van der Waals surface area contributed by atoms with Gasteiger partial charge in [-0.05, 0) is 66.2 Å². The number of nitrogens with zero attached hydrogens (tertiary/aromatic N) is 4. The molecule has 0 saturated carbocycles. The fourth-order valence-corrected chi connectivity index (χ4v) is 3.56. The Morgan fingerprint density at radius 1 is 0.973 bits per heavy atom. The van der Waals surface area contributed by atoms with Gasteiger partial charge >= 0.3 is 11.4 Å². The van der Waals surface area contributed by atoms with Crippen LogP contribution in [0.4, 0.5) is 11.6 Å². The van der Waals surface area contributed by atoms with E-state index in [1.807, 2.05) is 6.07 Å². The van der Waals surface area contributed by atoms with Crippen molar-refractivity contribution in [3.8, 4) is 17.6 Å². The molecule has 11 heteroatoms. The van der Waals surface area contributed by atoms with Crippen molar-refractivity contribution in [2.45, 2.75) is 19.2 Å². The van der Waals surface area contributed by atoms with E-state index in [4.69, 9.17) is 26.7 Å². The molecule has 0 spiro atoms. The van der Waals surface area contributed by atoms with Crippen LogP contribution in [0.3, 0.4) is 0 Å². The number of aliphatic hydroxyl groups excluding tert-OH is 2. The number of nitrogens with one attached hydrogen (secondary N) is 1. The molecule has 1 aromatic heterocycles. The lowest BCUT2D eigenvalue weighted by Gasteiger charge is -2.17. The molecule has 0 radical (unpaired) electrons. The molecular formula is C26H22ClN5O5. The third-order valence-electron chi connectivity index (χ3n) is 5.34. The number of aromatic nitrogens is 3. The number of rotatable bonds is 9. The third-order valence-corrected chi connectivity index (χ3v) is 5.59. The van der Waals surface area contributed by atoms with E-state index in [1.165, 1.54) is 4.57 Å². The lowest BCUT2D eigenvalue weighted by molar-refractivity contribution is 0.0785. The molecule has 4 aromatic rings. The average Bonchev–Trinajstić information content (AvgIpc) is 2.91. The summed E-state index contributed by atoms with van der Waals surface area (Å²) >= 11 is 5.97. The van der Waals surface area contributed by atoms with E-state index in [2.05, 4.69) is 10.3 Å². The molecule has 3 N–H and O–H groups in total. The van der Waals surface area contributed by atoms with E-state index in [0.717, 1.165) is 10.1 Å². The summed E-state index contributed by atoms with van der Waals surface area (Å²) in [5.74, 6) is 1.10. The van der Waals surface area contributed by atoms with Gasteiger partial charge in [0.25, 0.3) is 0 Å². The van der Waals surface area contributed by atoms with Crippen molar-refractivity contribution in [3.63, 3.8) is 0 Å². The van der Waals surface area contributed by atoms with Crippen LogP contribution in [0.2, 0.25) is 5.02 Å². The molecule has 0 unspecified atom stereocenters. The van der Waals surface area contributed by atoms with Gasteiger partial charge in [0.15, 0.2) is 0 Å². The minimum atomic E-state index is -1.29. The van der Waals surface area contributed by atoms with Gasteiger partial charge in [-0.25, -0.2) is 14.2 Å². The van der Waals surface area contributed by atoms with Crippen molar-refractivity contribution in [3.05, 3.63) is 110 Å². The van der Waals surface area contributed by atoms with Crippen LogP contribution in [0.5, 0.6) is 11.5 Å². The van der Waals surface area contributed by atoms with E-state index in [9.17, 15) is 14.7 Å². The Morgan fingerprint density at radius 3 is 2.19 bits per heavy atom. The number of anilines is 2. The van der Waals surface area contributed by atoms with E-state index in [0.29, 0.717) is 27.8 Å². The minimum Gasteiger partial charge on any atom is -0.457 e. The predicted octanol–water partition coefficient (Wildman–Crippen LogP) is 2.87. The van der Waals surface area contributed by atoms with Gasteiger partial charge in [-0.1, -0.05) is 23.7 Å². The van der Waals surface area contributed by atoms with Crippen molar-refractivity contribution in [2.75, 3.05) is 11.9 Å². The van der Waals surface area contributed by atoms with Gasteiger partial charge in [0.1, 0.15) is 11.5 Å². The monoisotopic (exact) mass is 519 g/mol. The molecule has 1 heterocycles. The summed E-state index contributed by atoms with van der Waals surface area (Å²) in [6, 6.07) is 22.3. The van der Waals surface area contributed by atoms with Crippen molar-refractivity contribution >= 4 is 23.2 Å². The summed E-state index contributed by atoms with van der Waals surface area (Å²) in [7, 11) is 0. The first kappa shape index (κ1) is 25.7. The van der Waals surface area contributed by atoms with E-state index in [1.54, 1.807) is 72.8 Å². The SMILES string of the molecule is N#Cc1ccc(Oc2ccc(Nc3nc(=O)n(C[C@@H](O)CO)c(=O)n3Cc3ccc(Cl)cc3)cc2)cc1. The van der Waals surface area contributed by atoms with Gasteiger partial charge in [0, 0.05) is 10.7 Å². The van der Waals surface area contributed by atoms with Crippen molar-refractivity contribution < 1.29 is 14.9 Å². The second-order valence-electron chi connectivity index (χ2n) is 8.05. The summed E-state index contributed by atoms with van der Waals surface area (Å²) in [6.45, 7) is -0.940. The topological polar surface area (TPSA) is 142 Å². The molecule has 0 aliphatic heterocycles. The van der Waals surface area contributed by atoms with Crippen LogP contribution in [0, 0.1) is 11.3 Å². The number of aliphatic hydroxyl groups is 2. The Labute approximate surface area is 216 Å². The molecular weight excluding hydrogens is 498 g/mol. The van der Waals surface area contributed by atoms with Gasteiger partial charge in [0.2, 0.25) is 5.95 Å². The van der Waals surface area contributed by atoms with Crippen LogP contribution in [-0.2, 0) is 13.1 Å².